The Labute approximate surface area is 111 Å². The van der Waals surface area contributed by atoms with Crippen molar-refractivity contribution in [2.45, 2.75) is 31.2 Å². The fourth-order valence-electron chi connectivity index (χ4n) is 1.39. The Bertz CT molecular complexity index is 657. The van der Waals surface area contributed by atoms with E-state index in [9.17, 15) is 13.2 Å². The van der Waals surface area contributed by atoms with Crippen molar-refractivity contribution in [3.8, 4) is 6.07 Å². The molecule has 7 heteroatoms. The summed E-state index contributed by atoms with van der Waals surface area (Å²) in [5, 5.41) is 17.7. The normalized spacial score (nSPS) is 11.9. The van der Waals surface area contributed by atoms with E-state index in [1.54, 1.807) is 6.92 Å². The monoisotopic (exact) mass is 282 g/mol. The number of hydrogen-bond donors (Lipinski definition) is 2. The van der Waals surface area contributed by atoms with E-state index in [2.05, 4.69) is 4.72 Å². The van der Waals surface area contributed by atoms with Crippen LogP contribution < -0.4 is 4.72 Å². The fourth-order valence-corrected chi connectivity index (χ4v) is 3.04. The van der Waals surface area contributed by atoms with Gasteiger partial charge in [0.15, 0.2) is 0 Å². The molecule has 0 amide bonds. The van der Waals surface area contributed by atoms with E-state index in [0.717, 1.165) is 0 Å². The average Bonchev–Trinajstić information content (AvgIpc) is 2.27. The first-order chi connectivity index (χ1) is 8.60. The lowest BCUT2D eigenvalue weighted by molar-refractivity contribution is -0.142. The van der Waals surface area contributed by atoms with Crippen molar-refractivity contribution >= 4 is 16.0 Å². The van der Waals surface area contributed by atoms with Crippen molar-refractivity contribution < 1.29 is 18.3 Å². The van der Waals surface area contributed by atoms with Gasteiger partial charge < -0.3 is 5.11 Å². The minimum Gasteiger partial charge on any atom is -0.480 e. The van der Waals surface area contributed by atoms with Crippen LogP contribution >= 0.6 is 0 Å². The lowest BCUT2D eigenvalue weighted by Gasteiger charge is -2.21. The zero-order valence-corrected chi connectivity index (χ0v) is 11.6. The lowest BCUT2D eigenvalue weighted by Crippen LogP contribution is -2.49. The van der Waals surface area contributed by atoms with E-state index in [1.165, 1.54) is 32.0 Å². The topological polar surface area (TPSA) is 107 Å². The molecule has 2 N–H and O–H groups in total. The van der Waals surface area contributed by atoms with E-state index in [-0.39, 0.29) is 10.5 Å². The van der Waals surface area contributed by atoms with Gasteiger partial charge in [0.05, 0.1) is 16.5 Å². The predicted molar refractivity (Wildman–Crippen MR) is 67.9 cm³/mol. The summed E-state index contributed by atoms with van der Waals surface area (Å²) >= 11 is 0. The second-order valence-corrected chi connectivity index (χ2v) is 6.28. The Morgan fingerprint density at radius 2 is 2.00 bits per heavy atom. The molecule has 0 fully saturated rings. The van der Waals surface area contributed by atoms with Crippen molar-refractivity contribution in [2.75, 3.05) is 0 Å². The van der Waals surface area contributed by atoms with Gasteiger partial charge in [-0.15, -0.1) is 0 Å². The molecule has 0 saturated heterocycles. The number of aryl methyl sites for hydroxylation is 1. The van der Waals surface area contributed by atoms with Gasteiger partial charge in [0.25, 0.3) is 0 Å². The number of sulfonamides is 1. The molecule has 0 heterocycles. The van der Waals surface area contributed by atoms with Crippen LogP contribution in [0.2, 0.25) is 0 Å². The third-order valence-corrected chi connectivity index (χ3v) is 4.33. The highest BCUT2D eigenvalue weighted by Gasteiger charge is 2.33. The molecule has 0 unspecified atom stereocenters. The van der Waals surface area contributed by atoms with Gasteiger partial charge >= 0.3 is 5.97 Å². The Morgan fingerprint density at radius 1 is 1.42 bits per heavy atom. The number of carboxylic acid groups (broad SMARTS) is 1. The van der Waals surface area contributed by atoms with E-state index in [1.807, 2.05) is 6.07 Å². The molecule has 0 radical (unpaired) electrons. The highest BCUT2D eigenvalue weighted by atomic mass is 32.2. The van der Waals surface area contributed by atoms with Gasteiger partial charge in [0.2, 0.25) is 10.0 Å². The van der Waals surface area contributed by atoms with Crippen molar-refractivity contribution in [1.29, 1.82) is 5.26 Å². The van der Waals surface area contributed by atoms with Crippen LogP contribution in [0.1, 0.15) is 25.0 Å². The maximum atomic E-state index is 12.2. The van der Waals surface area contributed by atoms with Gasteiger partial charge in [-0.3, -0.25) is 4.79 Å². The quantitative estimate of drug-likeness (QED) is 0.856. The largest absolute Gasteiger partial charge is 0.480 e. The van der Waals surface area contributed by atoms with Crippen LogP contribution in [-0.2, 0) is 14.8 Å². The summed E-state index contributed by atoms with van der Waals surface area (Å²) in [6, 6.07) is 6.06. The summed E-state index contributed by atoms with van der Waals surface area (Å²) in [7, 11) is -4.01. The molecule has 0 aliphatic heterocycles. The van der Waals surface area contributed by atoms with Gasteiger partial charge in [0.1, 0.15) is 5.54 Å². The summed E-state index contributed by atoms with van der Waals surface area (Å²) in [5.41, 5.74) is -1.000. The van der Waals surface area contributed by atoms with E-state index < -0.39 is 21.5 Å². The Hall–Kier alpha value is -1.91. The third-order valence-electron chi connectivity index (χ3n) is 2.53. The molecule has 6 nitrogen and oxygen atoms in total. The van der Waals surface area contributed by atoms with E-state index >= 15 is 0 Å². The summed E-state index contributed by atoms with van der Waals surface area (Å²) in [6.45, 7) is 4.07. The van der Waals surface area contributed by atoms with Gasteiger partial charge in [-0.2, -0.15) is 9.98 Å². The van der Waals surface area contributed by atoms with Crippen LogP contribution in [0.25, 0.3) is 0 Å². The number of benzene rings is 1. The second kappa shape index (κ2) is 4.99. The van der Waals surface area contributed by atoms with Crippen molar-refractivity contribution in [3.63, 3.8) is 0 Å². The molecule has 0 aromatic heterocycles. The molecule has 1 rings (SSSR count). The van der Waals surface area contributed by atoms with Crippen LogP contribution in [0.3, 0.4) is 0 Å². The summed E-state index contributed by atoms with van der Waals surface area (Å²) in [4.78, 5) is 10.9. The Morgan fingerprint density at radius 3 is 2.47 bits per heavy atom. The number of nitrogens with zero attached hydrogens (tertiary/aromatic N) is 1. The van der Waals surface area contributed by atoms with Gasteiger partial charge in [0, 0.05) is 0 Å². The second-order valence-electron chi connectivity index (χ2n) is 4.63. The fraction of sp³-hybridized carbons (Fsp3) is 0.333. The zero-order chi connectivity index (χ0) is 14.8. The maximum absolute atomic E-state index is 12.2. The highest BCUT2D eigenvalue weighted by molar-refractivity contribution is 7.89. The lowest BCUT2D eigenvalue weighted by atomic mass is 10.1. The number of carboxylic acids is 1. The standard InChI is InChI=1S/C12H14N2O4S/c1-8-4-5-9(7-13)6-10(8)19(17,18)14-12(2,3)11(15)16/h4-6,14H,1-3H3,(H,15,16). The Kier molecular flexibility index (Phi) is 3.98. The molecule has 0 bridgehead atoms. The number of carbonyl (C=O) groups is 1. The molecule has 1 aromatic carbocycles. The number of aliphatic carboxylic acids is 1. The number of rotatable bonds is 4. The van der Waals surface area contributed by atoms with Crippen molar-refractivity contribution in [1.82, 2.24) is 4.72 Å². The van der Waals surface area contributed by atoms with Gasteiger partial charge in [-0.1, -0.05) is 6.07 Å². The molecule has 1 aromatic rings. The smallest absolute Gasteiger partial charge is 0.324 e. The van der Waals surface area contributed by atoms with Crippen molar-refractivity contribution in [2.24, 2.45) is 0 Å². The molecule has 0 aliphatic rings. The highest BCUT2D eigenvalue weighted by Crippen LogP contribution is 2.19. The molecule has 0 aliphatic carbocycles. The van der Waals surface area contributed by atoms with E-state index in [4.69, 9.17) is 10.4 Å². The molecule has 0 atom stereocenters. The molecule has 0 saturated carbocycles. The first kappa shape index (κ1) is 15.1. The number of hydrogen-bond acceptors (Lipinski definition) is 4. The van der Waals surface area contributed by atoms with Crippen LogP contribution in [0.15, 0.2) is 23.1 Å². The van der Waals surface area contributed by atoms with Crippen LogP contribution in [-0.4, -0.2) is 25.0 Å². The van der Waals surface area contributed by atoms with Crippen LogP contribution in [0.5, 0.6) is 0 Å². The van der Waals surface area contributed by atoms with Gasteiger partial charge in [-0.05, 0) is 38.5 Å². The van der Waals surface area contributed by atoms with E-state index in [0.29, 0.717) is 5.56 Å². The summed E-state index contributed by atoms with van der Waals surface area (Å²) in [6.07, 6.45) is 0. The molecule has 19 heavy (non-hydrogen) atoms. The molecular weight excluding hydrogens is 268 g/mol. The SMILES string of the molecule is Cc1ccc(C#N)cc1S(=O)(=O)NC(C)(C)C(=O)O. The first-order valence-corrected chi connectivity index (χ1v) is 6.86. The number of nitrogens with one attached hydrogen (secondary N) is 1. The summed E-state index contributed by atoms with van der Waals surface area (Å²) < 4.78 is 26.4. The third kappa shape index (κ3) is 3.30. The molecular formula is C12H14N2O4S. The average molecular weight is 282 g/mol. The van der Waals surface area contributed by atoms with Crippen molar-refractivity contribution in [3.05, 3.63) is 29.3 Å². The van der Waals surface area contributed by atoms with Crippen LogP contribution in [0, 0.1) is 18.3 Å². The zero-order valence-electron chi connectivity index (χ0n) is 10.8. The minimum atomic E-state index is -4.01. The van der Waals surface area contributed by atoms with Crippen LogP contribution in [0.4, 0.5) is 0 Å². The summed E-state index contributed by atoms with van der Waals surface area (Å²) in [5.74, 6) is -1.29. The molecule has 102 valence electrons. The maximum Gasteiger partial charge on any atom is 0.324 e. The predicted octanol–water partition coefficient (Wildman–Crippen LogP) is 1.01. The minimum absolute atomic E-state index is 0.0964. The van der Waals surface area contributed by atoms with Gasteiger partial charge in [-0.25, -0.2) is 8.42 Å². The molecule has 0 spiro atoms. The number of nitriles is 1. The first-order valence-electron chi connectivity index (χ1n) is 5.38. The Balaban J connectivity index is 3.30.